The van der Waals surface area contributed by atoms with Gasteiger partial charge in [0.15, 0.2) is 5.84 Å². The predicted octanol–water partition coefficient (Wildman–Crippen LogP) is -1.15. The molecule has 6 nitrogen and oxygen atoms in total. The van der Waals surface area contributed by atoms with Crippen molar-refractivity contribution in [1.29, 1.82) is 0 Å². The summed E-state index contributed by atoms with van der Waals surface area (Å²) >= 11 is 0. The summed E-state index contributed by atoms with van der Waals surface area (Å²) in [6, 6.07) is 0. The summed E-state index contributed by atoms with van der Waals surface area (Å²) < 4.78 is 0. The van der Waals surface area contributed by atoms with Crippen molar-refractivity contribution in [2.45, 2.75) is 6.92 Å². The predicted molar refractivity (Wildman–Crippen MR) is 43.6 cm³/mol. The second-order valence-electron chi connectivity index (χ2n) is 2.35. The third-order valence-electron chi connectivity index (χ3n) is 1.10. The SMILES string of the molecule is C/C(=N\N(C)C)C1=NNNN1. The lowest BCUT2D eigenvalue weighted by atomic mass is 10.4. The van der Waals surface area contributed by atoms with Crippen LogP contribution in [0.5, 0.6) is 0 Å². The van der Waals surface area contributed by atoms with Crippen molar-refractivity contribution in [2.75, 3.05) is 14.1 Å². The summed E-state index contributed by atoms with van der Waals surface area (Å²) in [5, 5.41) is 9.73. The molecular formula is C5H12N6. The van der Waals surface area contributed by atoms with Crippen molar-refractivity contribution in [2.24, 2.45) is 10.2 Å². The zero-order valence-corrected chi connectivity index (χ0v) is 6.84. The first-order chi connectivity index (χ1) is 5.20. The number of amidine groups is 1. The fourth-order valence-electron chi connectivity index (χ4n) is 0.718. The Bertz CT molecular complexity index is 193. The number of hydrogen-bond acceptors (Lipinski definition) is 6. The molecule has 0 fully saturated rings. The molecule has 3 N–H and O–H groups in total. The summed E-state index contributed by atoms with van der Waals surface area (Å²) in [6.07, 6.45) is 0. The first kappa shape index (κ1) is 7.80. The average Bonchev–Trinajstić information content (AvgIpc) is 2.35. The monoisotopic (exact) mass is 156 g/mol. The van der Waals surface area contributed by atoms with Crippen molar-refractivity contribution in [3.05, 3.63) is 0 Å². The Morgan fingerprint density at radius 3 is 2.73 bits per heavy atom. The molecule has 1 aliphatic rings. The summed E-state index contributed by atoms with van der Waals surface area (Å²) in [5.41, 5.74) is 8.80. The smallest absolute Gasteiger partial charge is 0.186 e. The van der Waals surface area contributed by atoms with Crippen LogP contribution >= 0.6 is 0 Å². The van der Waals surface area contributed by atoms with E-state index >= 15 is 0 Å². The molecule has 11 heavy (non-hydrogen) atoms. The van der Waals surface area contributed by atoms with Crippen molar-refractivity contribution in [3.8, 4) is 0 Å². The molecular weight excluding hydrogens is 144 g/mol. The Labute approximate surface area is 65.3 Å². The highest BCUT2D eigenvalue weighted by Gasteiger charge is 2.07. The van der Waals surface area contributed by atoms with Gasteiger partial charge in [-0.05, 0) is 6.92 Å². The Morgan fingerprint density at radius 1 is 1.55 bits per heavy atom. The minimum absolute atomic E-state index is 0.707. The fourth-order valence-corrected chi connectivity index (χ4v) is 0.718. The van der Waals surface area contributed by atoms with Crippen molar-refractivity contribution in [1.82, 2.24) is 21.5 Å². The van der Waals surface area contributed by atoms with E-state index < -0.39 is 0 Å². The molecule has 1 heterocycles. The van der Waals surface area contributed by atoms with E-state index in [1.807, 2.05) is 21.0 Å². The molecule has 0 bridgehead atoms. The fraction of sp³-hybridized carbons (Fsp3) is 0.600. The van der Waals surface area contributed by atoms with Gasteiger partial charge in [0.1, 0.15) is 5.71 Å². The molecule has 0 saturated carbocycles. The maximum absolute atomic E-state index is 4.14. The molecule has 0 amide bonds. The number of rotatable bonds is 2. The van der Waals surface area contributed by atoms with Crippen LogP contribution in [-0.2, 0) is 0 Å². The number of hydrazine groups is 2. The molecule has 0 radical (unpaired) electrons. The van der Waals surface area contributed by atoms with Crippen molar-refractivity contribution >= 4 is 11.5 Å². The van der Waals surface area contributed by atoms with E-state index in [1.54, 1.807) is 5.01 Å². The highest BCUT2D eigenvalue weighted by molar-refractivity contribution is 6.40. The van der Waals surface area contributed by atoms with Gasteiger partial charge in [-0.25, -0.2) is 5.53 Å². The van der Waals surface area contributed by atoms with Gasteiger partial charge in [-0.15, -0.1) is 10.6 Å². The van der Waals surface area contributed by atoms with Gasteiger partial charge >= 0.3 is 0 Å². The molecule has 0 atom stereocenters. The minimum Gasteiger partial charge on any atom is -0.303 e. The van der Waals surface area contributed by atoms with Gasteiger partial charge < -0.3 is 5.01 Å². The highest BCUT2D eigenvalue weighted by Crippen LogP contribution is 1.85. The molecule has 0 spiro atoms. The Balaban J connectivity index is 2.59. The van der Waals surface area contributed by atoms with Crippen LogP contribution in [0.1, 0.15) is 6.92 Å². The van der Waals surface area contributed by atoms with Crippen LogP contribution in [0.15, 0.2) is 10.2 Å². The van der Waals surface area contributed by atoms with Crippen LogP contribution in [0.2, 0.25) is 0 Å². The molecule has 0 aromatic rings. The van der Waals surface area contributed by atoms with Gasteiger partial charge in [0.25, 0.3) is 0 Å². The van der Waals surface area contributed by atoms with E-state index in [2.05, 4.69) is 26.7 Å². The summed E-state index contributed by atoms with van der Waals surface area (Å²) in [6.45, 7) is 1.88. The molecule has 0 aliphatic carbocycles. The second-order valence-corrected chi connectivity index (χ2v) is 2.35. The normalized spacial score (nSPS) is 17.0. The molecule has 6 heteroatoms. The minimum atomic E-state index is 0.707. The van der Waals surface area contributed by atoms with Crippen LogP contribution in [-0.4, -0.2) is 30.7 Å². The summed E-state index contributed by atoms with van der Waals surface area (Å²) in [7, 11) is 3.72. The van der Waals surface area contributed by atoms with Crippen LogP contribution in [0.4, 0.5) is 0 Å². The van der Waals surface area contributed by atoms with Crippen molar-refractivity contribution in [3.63, 3.8) is 0 Å². The van der Waals surface area contributed by atoms with Crippen molar-refractivity contribution < 1.29 is 0 Å². The van der Waals surface area contributed by atoms with Gasteiger partial charge in [0, 0.05) is 14.1 Å². The molecule has 0 aromatic carbocycles. The zero-order chi connectivity index (χ0) is 8.27. The maximum Gasteiger partial charge on any atom is 0.186 e. The van der Waals surface area contributed by atoms with Gasteiger partial charge in [-0.1, -0.05) is 0 Å². The first-order valence-electron chi connectivity index (χ1n) is 3.27. The zero-order valence-electron chi connectivity index (χ0n) is 6.84. The van der Waals surface area contributed by atoms with Gasteiger partial charge in [0.2, 0.25) is 0 Å². The summed E-state index contributed by atoms with van der Waals surface area (Å²) in [4.78, 5) is 0. The number of hydrazone groups is 2. The van der Waals surface area contributed by atoms with E-state index in [1.165, 1.54) is 0 Å². The largest absolute Gasteiger partial charge is 0.303 e. The molecule has 62 valence electrons. The second kappa shape index (κ2) is 3.20. The topological polar surface area (TPSA) is 64.0 Å². The van der Waals surface area contributed by atoms with Crippen LogP contribution in [0.3, 0.4) is 0 Å². The number of hydrogen-bond donors (Lipinski definition) is 3. The lowest BCUT2D eigenvalue weighted by Gasteiger charge is -2.05. The van der Waals surface area contributed by atoms with Crippen LogP contribution in [0, 0.1) is 0 Å². The van der Waals surface area contributed by atoms with E-state index in [0.717, 1.165) is 5.71 Å². The Kier molecular flexibility index (Phi) is 2.27. The Morgan fingerprint density at radius 2 is 2.27 bits per heavy atom. The number of nitrogens with zero attached hydrogens (tertiary/aromatic N) is 3. The van der Waals surface area contributed by atoms with Crippen LogP contribution in [0.25, 0.3) is 0 Å². The Hall–Kier alpha value is -1.30. The third-order valence-corrected chi connectivity index (χ3v) is 1.10. The third kappa shape index (κ3) is 2.08. The molecule has 0 unspecified atom stereocenters. The van der Waals surface area contributed by atoms with E-state index in [4.69, 9.17) is 0 Å². The lowest BCUT2D eigenvalue weighted by Crippen LogP contribution is -2.37. The number of nitrogens with one attached hydrogen (secondary N) is 3. The highest BCUT2D eigenvalue weighted by atomic mass is 15.8. The van der Waals surface area contributed by atoms with Crippen LogP contribution < -0.4 is 16.5 Å². The van der Waals surface area contributed by atoms with Gasteiger partial charge in [-0.2, -0.15) is 5.10 Å². The molecule has 1 aliphatic heterocycles. The van der Waals surface area contributed by atoms with E-state index in [0.29, 0.717) is 5.84 Å². The van der Waals surface area contributed by atoms with Gasteiger partial charge in [0.05, 0.1) is 0 Å². The van der Waals surface area contributed by atoms with Gasteiger partial charge in [-0.3, -0.25) is 5.43 Å². The molecule has 1 rings (SSSR count). The quantitative estimate of drug-likeness (QED) is 0.349. The molecule has 0 saturated heterocycles. The van der Waals surface area contributed by atoms with E-state index in [9.17, 15) is 0 Å². The standard InChI is InChI=1S/C5H12N6/c1-4(8-11(2)3)5-6-9-10-7-5/h9-10H,1-3H3,(H,6,7)/b8-4+. The summed E-state index contributed by atoms with van der Waals surface area (Å²) in [5.74, 6) is 0.707. The lowest BCUT2D eigenvalue weighted by molar-refractivity contribution is 0.438. The van der Waals surface area contributed by atoms with E-state index in [-0.39, 0.29) is 0 Å². The molecule has 0 aromatic heterocycles. The maximum atomic E-state index is 4.14. The first-order valence-corrected chi connectivity index (χ1v) is 3.27. The average molecular weight is 156 g/mol.